The predicted octanol–water partition coefficient (Wildman–Crippen LogP) is 1.81. The van der Waals surface area contributed by atoms with E-state index < -0.39 is 0 Å². The van der Waals surface area contributed by atoms with Crippen LogP contribution in [0.2, 0.25) is 0 Å². The lowest BCUT2D eigenvalue weighted by atomic mass is 10.2. The van der Waals surface area contributed by atoms with E-state index in [1.165, 1.54) is 0 Å². The molecule has 0 aliphatic heterocycles. The summed E-state index contributed by atoms with van der Waals surface area (Å²) in [5, 5.41) is 15.4. The molecule has 0 radical (unpaired) electrons. The number of allylic oxidation sites excluding steroid dienone is 1. The average molecular weight is 180 g/mol. The molecule has 0 saturated heterocycles. The molecule has 0 unspecified atom stereocenters. The van der Waals surface area contributed by atoms with Gasteiger partial charge in [-0.3, -0.25) is 0 Å². The van der Waals surface area contributed by atoms with Crippen LogP contribution < -0.4 is 4.74 Å². The third-order valence-corrected chi connectivity index (χ3v) is 1.58. The molecule has 0 aliphatic rings. The van der Waals surface area contributed by atoms with Gasteiger partial charge in [0, 0.05) is 11.6 Å². The second-order valence-corrected chi connectivity index (χ2v) is 2.47. The summed E-state index contributed by atoms with van der Waals surface area (Å²) in [4.78, 5) is 0. The Kier molecular flexibility index (Phi) is 3.14. The Labute approximate surface area is 76.5 Å². The van der Waals surface area contributed by atoms with Crippen molar-refractivity contribution in [3.63, 3.8) is 0 Å². The van der Waals surface area contributed by atoms with Crippen LogP contribution in [0, 0.1) is 0 Å². The van der Waals surface area contributed by atoms with Crippen molar-refractivity contribution in [3.05, 3.63) is 36.3 Å². The summed E-state index contributed by atoms with van der Waals surface area (Å²) < 4.78 is 5.25. The van der Waals surface area contributed by atoms with Gasteiger partial charge in [-0.25, -0.2) is 5.10 Å². The SMILES string of the molecule is C=C(O)/C(=C\C)COc1ccn[nH]1. The van der Waals surface area contributed by atoms with E-state index in [1.54, 1.807) is 18.3 Å². The zero-order valence-corrected chi connectivity index (χ0v) is 7.45. The summed E-state index contributed by atoms with van der Waals surface area (Å²) in [6.07, 6.45) is 3.34. The van der Waals surface area contributed by atoms with E-state index in [0.717, 1.165) is 0 Å². The van der Waals surface area contributed by atoms with Gasteiger partial charge >= 0.3 is 0 Å². The van der Waals surface area contributed by atoms with Crippen LogP contribution in [0.4, 0.5) is 0 Å². The summed E-state index contributed by atoms with van der Waals surface area (Å²) in [5.74, 6) is 0.600. The highest BCUT2D eigenvalue weighted by Crippen LogP contribution is 2.08. The van der Waals surface area contributed by atoms with Crippen molar-refractivity contribution in [2.45, 2.75) is 6.92 Å². The Morgan fingerprint density at radius 1 is 1.85 bits per heavy atom. The van der Waals surface area contributed by atoms with Gasteiger partial charge in [0.05, 0.1) is 6.20 Å². The van der Waals surface area contributed by atoms with Crippen LogP contribution in [0.15, 0.2) is 36.3 Å². The summed E-state index contributed by atoms with van der Waals surface area (Å²) >= 11 is 0. The number of aromatic amines is 1. The number of nitrogens with zero attached hydrogens (tertiary/aromatic N) is 1. The fourth-order valence-corrected chi connectivity index (χ4v) is 0.812. The molecule has 0 aliphatic carbocycles. The van der Waals surface area contributed by atoms with E-state index in [0.29, 0.717) is 11.5 Å². The molecule has 13 heavy (non-hydrogen) atoms. The second-order valence-electron chi connectivity index (χ2n) is 2.47. The van der Waals surface area contributed by atoms with Crippen molar-refractivity contribution >= 4 is 0 Å². The van der Waals surface area contributed by atoms with Gasteiger partial charge in [0.25, 0.3) is 0 Å². The van der Waals surface area contributed by atoms with Crippen molar-refractivity contribution < 1.29 is 9.84 Å². The van der Waals surface area contributed by atoms with Crippen molar-refractivity contribution in [2.75, 3.05) is 6.61 Å². The number of aliphatic hydroxyl groups is 1. The maximum absolute atomic E-state index is 9.07. The Hall–Kier alpha value is -1.71. The summed E-state index contributed by atoms with van der Waals surface area (Å²) in [7, 11) is 0. The monoisotopic (exact) mass is 180 g/mol. The maximum Gasteiger partial charge on any atom is 0.209 e. The lowest BCUT2D eigenvalue weighted by molar-refractivity contribution is 0.321. The molecule has 0 saturated carbocycles. The number of ether oxygens (including phenoxy) is 1. The lowest BCUT2D eigenvalue weighted by Gasteiger charge is -2.05. The summed E-state index contributed by atoms with van der Waals surface area (Å²) in [6, 6.07) is 1.70. The fourth-order valence-electron chi connectivity index (χ4n) is 0.812. The smallest absolute Gasteiger partial charge is 0.209 e. The Morgan fingerprint density at radius 3 is 3.08 bits per heavy atom. The summed E-state index contributed by atoms with van der Waals surface area (Å²) in [6.45, 7) is 5.51. The number of H-pyrrole nitrogens is 1. The number of aliphatic hydroxyl groups excluding tert-OH is 1. The minimum absolute atomic E-state index is 0.0296. The van der Waals surface area contributed by atoms with E-state index in [2.05, 4.69) is 16.8 Å². The first kappa shape index (κ1) is 9.38. The van der Waals surface area contributed by atoms with E-state index in [1.807, 2.05) is 6.92 Å². The zero-order chi connectivity index (χ0) is 9.68. The first-order chi connectivity index (χ1) is 6.24. The predicted molar refractivity (Wildman–Crippen MR) is 49.6 cm³/mol. The molecule has 0 fully saturated rings. The lowest BCUT2D eigenvalue weighted by Crippen LogP contribution is -2.03. The van der Waals surface area contributed by atoms with Gasteiger partial charge in [-0.1, -0.05) is 12.7 Å². The Morgan fingerprint density at radius 2 is 2.62 bits per heavy atom. The van der Waals surface area contributed by atoms with E-state index >= 15 is 0 Å². The first-order valence-corrected chi connectivity index (χ1v) is 3.89. The van der Waals surface area contributed by atoms with Crippen LogP contribution >= 0.6 is 0 Å². The molecule has 0 atom stereocenters. The van der Waals surface area contributed by atoms with Gasteiger partial charge < -0.3 is 9.84 Å². The van der Waals surface area contributed by atoms with Gasteiger partial charge in [0.1, 0.15) is 12.4 Å². The minimum Gasteiger partial charge on any atom is -0.508 e. The highest BCUT2D eigenvalue weighted by Gasteiger charge is 2.01. The molecule has 1 aromatic heterocycles. The van der Waals surface area contributed by atoms with Gasteiger partial charge in [-0.2, -0.15) is 5.10 Å². The molecule has 0 aromatic carbocycles. The molecule has 4 nitrogen and oxygen atoms in total. The molecule has 1 heterocycles. The average Bonchev–Trinajstić information content (AvgIpc) is 2.57. The normalized spacial score (nSPS) is 11.3. The van der Waals surface area contributed by atoms with Crippen LogP contribution in [0.1, 0.15) is 6.92 Å². The Bertz CT molecular complexity index is 301. The molecule has 0 bridgehead atoms. The maximum atomic E-state index is 9.07. The number of aromatic nitrogens is 2. The van der Waals surface area contributed by atoms with Gasteiger partial charge in [0.2, 0.25) is 5.88 Å². The van der Waals surface area contributed by atoms with Gasteiger partial charge in [-0.05, 0) is 6.92 Å². The van der Waals surface area contributed by atoms with Crippen LogP contribution in [-0.2, 0) is 0 Å². The molecule has 1 rings (SSSR count). The fraction of sp³-hybridized carbons (Fsp3) is 0.222. The van der Waals surface area contributed by atoms with Crippen molar-refractivity contribution in [1.82, 2.24) is 10.2 Å². The third-order valence-electron chi connectivity index (χ3n) is 1.58. The summed E-state index contributed by atoms with van der Waals surface area (Å²) in [5.41, 5.74) is 0.662. The van der Waals surface area contributed by atoms with Crippen LogP contribution in [0.5, 0.6) is 5.88 Å². The van der Waals surface area contributed by atoms with Gasteiger partial charge in [0.15, 0.2) is 0 Å². The molecular formula is C9H12N2O2. The third kappa shape index (κ3) is 2.66. The number of nitrogens with one attached hydrogen (secondary N) is 1. The van der Waals surface area contributed by atoms with E-state index in [9.17, 15) is 0 Å². The zero-order valence-electron chi connectivity index (χ0n) is 7.45. The molecule has 0 spiro atoms. The minimum atomic E-state index is 0.0296. The molecule has 2 N–H and O–H groups in total. The van der Waals surface area contributed by atoms with Crippen LogP contribution in [0.3, 0.4) is 0 Å². The van der Waals surface area contributed by atoms with Crippen LogP contribution in [0.25, 0.3) is 0 Å². The topological polar surface area (TPSA) is 58.1 Å². The van der Waals surface area contributed by atoms with E-state index in [4.69, 9.17) is 9.84 Å². The second kappa shape index (κ2) is 4.35. The largest absolute Gasteiger partial charge is 0.508 e. The van der Waals surface area contributed by atoms with Crippen molar-refractivity contribution in [2.24, 2.45) is 0 Å². The molecular weight excluding hydrogens is 168 g/mol. The standard InChI is InChI=1S/C9H12N2O2/c1-3-8(7(2)12)6-13-9-4-5-10-11-9/h3-5,12H,2,6H2,1H3,(H,10,11)/b8-3-. The van der Waals surface area contributed by atoms with Crippen molar-refractivity contribution in [3.8, 4) is 5.88 Å². The van der Waals surface area contributed by atoms with Crippen LogP contribution in [-0.4, -0.2) is 21.9 Å². The number of hydrogen-bond donors (Lipinski definition) is 2. The Balaban J connectivity index is 2.46. The van der Waals surface area contributed by atoms with Gasteiger partial charge in [-0.15, -0.1) is 0 Å². The molecule has 0 amide bonds. The quantitative estimate of drug-likeness (QED) is 0.548. The molecule has 70 valence electrons. The highest BCUT2D eigenvalue weighted by atomic mass is 16.5. The number of hydrogen-bond acceptors (Lipinski definition) is 3. The number of rotatable bonds is 4. The van der Waals surface area contributed by atoms with E-state index in [-0.39, 0.29) is 12.4 Å². The van der Waals surface area contributed by atoms with Crippen molar-refractivity contribution in [1.29, 1.82) is 0 Å². The highest BCUT2D eigenvalue weighted by molar-refractivity contribution is 5.22. The molecule has 1 aromatic rings. The first-order valence-electron chi connectivity index (χ1n) is 3.89. The molecule has 4 heteroatoms.